The Morgan fingerprint density at radius 2 is 2.04 bits per heavy atom. The molecule has 5 nitrogen and oxygen atoms in total. The van der Waals surface area contributed by atoms with E-state index in [1.807, 2.05) is 6.92 Å². The average molecular weight is 523 g/mol. The first-order valence-electron chi connectivity index (χ1n) is 8.45. The maximum atomic E-state index is 11.6. The zero-order valence-electron chi connectivity index (χ0n) is 15.1. The molecule has 0 unspecified atom stereocenters. The van der Waals surface area contributed by atoms with E-state index in [9.17, 15) is 4.79 Å². The predicted octanol–water partition coefficient (Wildman–Crippen LogP) is 3.13. The second-order valence-electron chi connectivity index (χ2n) is 6.45. The minimum atomic E-state index is 0. The van der Waals surface area contributed by atoms with Gasteiger partial charge in [-0.3, -0.25) is 9.79 Å². The van der Waals surface area contributed by atoms with Crippen LogP contribution in [0.5, 0.6) is 0 Å². The van der Waals surface area contributed by atoms with Crippen molar-refractivity contribution >= 4 is 51.8 Å². The minimum absolute atomic E-state index is 0. The lowest BCUT2D eigenvalue weighted by Crippen LogP contribution is -2.39. The van der Waals surface area contributed by atoms with Crippen molar-refractivity contribution in [1.29, 1.82) is 0 Å². The van der Waals surface area contributed by atoms with Crippen LogP contribution in [0.15, 0.2) is 33.7 Å². The number of hydrogen-bond donors (Lipinski definition) is 2. The van der Waals surface area contributed by atoms with E-state index in [0.717, 1.165) is 23.5 Å². The second-order valence-corrected chi connectivity index (χ2v) is 7.37. The van der Waals surface area contributed by atoms with E-state index in [0.29, 0.717) is 13.0 Å². The molecule has 1 amide bonds. The molecule has 0 spiro atoms. The summed E-state index contributed by atoms with van der Waals surface area (Å²) in [6, 6.07) is 8.51. The number of hydrogen-bond acceptors (Lipinski definition) is 2. The molecule has 0 radical (unpaired) electrons. The molecule has 0 aliphatic heterocycles. The summed E-state index contributed by atoms with van der Waals surface area (Å²) < 4.78 is 1.11. The van der Waals surface area contributed by atoms with Crippen molar-refractivity contribution in [3.05, 3.63) is 34.3 Å². The topological polar surface area (TPSA) is 56.7 Å². The summed E-state index contributed by atoms with van der Waals surface area (Å²) in [6.07, 6.45) is 2.81. The third-order valence-electron chi connectivity index (χ3n) is 4.30. The molecule has 2 rings (SSSR count). The monoisotopic (exact) mass is 522 g/mol. The second kappa shape index (κ2) is 10.4. The molecule has 25 heavy (non-hydrogen) atoms. The third-order valence-corrected chi connectivity index (χ3v) is 4.80. The number of aliphatic imine (C=N–C) groups is 1. The SMILES string of the molecule is CCNC(=NCC1(c2cccc(Br)c2)CC1)NCCC(=O)N(C)C.I. The molecule has 1 aliphatic rings. The van der Waals surface area contributed by atoms with Crippen LogP contribution in [0.4, 0.5) is 0 Å². The van der Waals surface area contributed by atoms with Crippen LogP contribution in [0.2, 0.25) is 0 Å². The maximum Gasteiger partial charge on any atom is 0.223 e. The first-order chi connectivity index (χ1) is 11.5. The molecule has 0 bridgehead atoms. The Morgan fingerprint density at radius 1 is 1.32 bits per heavy atom. The van der Waals surface area contributed by atoms with Gasteiger partial charge in [0.15, 0.2) is 5.96 Å². The van der Waals surface area contributed by atoms with Crippen LogP contribution in [0.25, 0.3) is 0 Å². The van der Waals surface area contributed by atoms with E-state index in [1.54, 1.807) is 19.0 Å². The van der Waals surface area contributed by atoms with Crippen LogP contribution >= 0.6 is 39.9 Å². The summed E-state index contributed by atoms with van der Waals surface area (Å²) in [7, 11) is 3.55. The summed E-state index contributed by atoms with van der Waals surface area (Å²) in [6.45, 7) is 4.20. The number of nitrogens with one attached hydrogen (secondary N) is 2. The Kier molecular flexibility index (Phi) is 9.20. The van der Waals surface area contributed by atoms with E-state index in [-0.39, 0.29) is 35.3 Å². The molecule has 7 heteroatoms. The lowest BCUT2D eigenvalue weighted by Gasteiger charge is -2.16. The average Bonchev–Trinajstić information content (AvgIpc) is 3.33. The molecule has 1 fully saturated rings. The normalized spacial score (nSPS) is 15.1. The van der Waals surface area contributed by atoms with Crippen molar-refractivity contribution in [1.82, 2.24) is 15.5 Å². The maximum absolute atomic E-state index is 11.6. The summed E-state index contributed by atoms with van der Waals surface area (Å²) in [5.74, 6) is 0.900. The largest absolute Gasteiger partial charge is 0.357 e. The molecular formula is C18H28BrIN4O. The van der Waals surface area contributed by atoms with Crippen molar-refractivity contribution in [2.45, 2.75) is 31.6 Å². The van der Waals surface area contributed by atoms with Gasteiger partial charge in [0.1, 0.15) is 0 Å². The van der Waals surface area contributed by atoms with Gasteiger partial charge in [-0.15, -0.1) is 24.0 Å². The first-order valence-corrected chi connectivity index (χ1v) is 9.24. The highest BCUT2D eigenvalue weighted by Crippen LogP contribution is 2.48. The Labute approximate surface area is 176 Å². The standard InChI is InChI=1S/C18H27BrN4O.HI/c1-4-20-17(21-11-8-16(24)23(2)3)22-13-18(9-10-18)14-6-5-7-15(19)12-14;/h5-7,12H,4,8-11,13H2,1-3H3,(H2,20,21,22);1H. The molecule has 0 heterocycles. The molecule has 1 aliphatic carbocycles. The van der Waals surface area contributed by atoms with Gasteiger partial charge in [0.25, 0.3) is 0 Å². The van der Waals surface area contributed by atoms with Gasteiger partial charge in [-0.1, -0.05) is 28.1 Å². The van der Waals surface area contributed by atoms with Gasteiger partial charge in [0.05, 0.1) is 6.54 Å². The van der Waals surface area contributed by atoms with Gasteiger partial charge >= 0.3 is 0 Å². The number of benzene rings is 1. The van der Waals surface area contributed by atoms with Crippen LogP contribution in [0.1, 0.15) is 31.7 Å². The van der Waals surface area contributed by atoms with Gasteiger partial charge in [-0.05, 0) is 37.5 Å². The highest BCUT2D eigenvalue weighted by atomic mass is 127. The number of guanidine groups is 1. The molecule has 140 valence electrons. The number of halogens is 2. The quantitative estimate of drug-likeness (QED) is 0.328. The smallest absolute Gasteiger partial charge is 0.223 e. The Bertz CT molecular complexity index is 602. The molecule has 0 atom stereocenters. The van der Waals surface area contributed by atoms with Crippen LogP contribution in [-0.2, 0) is 10.2 Å². The fraction of sp³-hybridized carbons (Fsp3) is 0.556. The van der Waals surface area contributed by atoms with Crippen LogP contribution in [0, 0.1) is 0 Å². The number of carbonyl (C=O) groups excluding carboxylic acids is 1. The summed E-state index contributed by atoms with van der Waals surface area (Å²) in [5, 5.41) is 6.51. The number of nitrogens with zero attached hydrogens (tertiary/aromatic N) is 2. The molecule has 1 saturated carbocycles. The van der Waals surface area contributed by atoms with E-state index in [1.165, 1.54) is 18.4 Å². The van der Waals surface area contributed by atoms with Gasteiger partial charge in [0.2, 0.25) is 5.91 Å². The van der Waals surface area contributed by atoms with Crippen LogP contribution in [0.3, 0.4) is 0 Å². The summed E-state index contributed by atoms with van der Waals surface area (Å²) >= 11 is 3.55. The van der Waals surface area contributed by atoms with Crippen LogP contribution < -0.4 is 10.6 Å². The zero-order valence-corrected chi connectivity index (χ0v) is 19.1. The Balaban J connectivity index is 0.00000312. The fourth-order valence-corrected chi connectivity index (χ4v) is 2.99. The lowest BCUT2D eigenvalue weighted by molar-refractivity contribution is -0.128. The highest BCUT2D eigenvalue weighted by Gasteiger charge is 2.44. The Hall–Kier alpha value is -0.830. The third kappa shape index (κ3) is 6.77. The molecular weight excluding hydrogens is 495 g/mol. The lowest BCUT2D eigenvalue weighted by atomic mass is 9.96. The summed E-state index contributed by atoms with van der Waals surface area (Å²) in [4.78, 5) is 18.0. The van der Waals surface area contributed by atoms with E-state index >= 15 is 0 Å². The molecule has 0 saturated heterocycles. The van der Waals surface area contributed by atoms with Gasteiger partial charge in [-0.2, -0.15) is 0 Å². The van der Waals surface area contributed by atoms with Gasteiger partial charge < -0.3 is 15.5 Å². The van der Waals surface area contributed by atoms with Crippen molar-refractivity contribution in [2.24, 2.45) is 4.99 Å². The van der Waals surface area contributed by atoms with E-state index in [2.05, 4.69) is 50.8 Å². The van der Waals surface area contributed by atoms with Crippen molar-refractivity contribution < 1.29 is 4.79 Å². The van der Waals surface area contributed by atoms with Crippen molar-refractivity contribution in [3.8, 4) is 0 Å². The molecule has 0 aromatic heterocycles. The predicted molar refractivity (Wildman–Crippen MR) is 118 cm³/mol. The molecule has 2 N–H and O–H groups in total. The molecule has 1 aromatic carbocycles. The van der Waals surface area contributed by atoms with Crippen molar-refractivity contribution in [3.63, 3.8) is 0 Å². The number of carbonyl (C=O) groups is 1. The minimum Gasteiger partial charge on any atom is -0.357 e. The summed E-state index contributed by atoms with van der Waals surface area (Å²) in [5.41, 5.74) is 1.52. The Morgan fingerprint density at radius 3 is 2.60 bits per heavy atom. The van der Waals surface area contributed by atoms with E-state index in [4.69, 9.17) is 4.99 Å². The van der Waals surface area contributed by atoms with E-state index < -0.39 is 0 Å². The van der Waals surface area contributed by atoms with Crippen molar-refractivity contribution in [2.75, 3.05) is 33.7 Å². The number of rotatable bonds is 7. The zero-order chi connectivity index (χ0) is 17.6. The first kappa shape index (κ1) is 22.2. The highest BCUT2D eigenvalue weighted by molar-refractivity contribution is 14.0. The van der Waals surface area contributed by atoms with Gasteiger partial charge in [0, 0.05) is 43.5 Å². The van der Waals surface area contributed by atoms with Gasteiger partial charge in [-0.25, -0.2) is 0 Å². The number of amides is 1. The molecule has 1 aromatic rings. The van der Waals surface area contributed by atoms with Crippen LogP contribution in [-0.4, -0.2) is 50.5 Å². The fourth-order valence-electron chi connectivity index (χ4n) is 2.59.